The van der Waals surface area contributed by atoms with Gasteiger partial charge in [-0.3, -0.25) is 10.1 Å². The number of nitro groups is 1. The molecule has 110 valence electrons. The monoisotopic (exact) mass is 277 g/mol. The molecule has 0 saturated carbocycles. The van der Waals surface area contributed by atoms with E-state index in [4.69, 9.17) is 0 Å². The predicted octanol–water partition coefficient (Wildman–Crippen LogP) is 2.87. The van der Waals surface area contributed by atoms with Crippen LogP contribution in [0.3, 0.4) is 0 Å². The van der Waals surface area contributed by atoms with Crippen LogP contribution in [0.25, 0.3) is 0 Å². The van der Waals surface area contributed by atoms with Crippen molar-refractivity contribution < 1.29 is 4.92 Å². The summed E-state index contributed by atoms with van der Waals surface area (Å²) in [6, 6.07) is 5.83. The van der Waals surface area contributed by atoms with E-state index in [1.54, 1.807) is 12.1 Å². The van der Waals surface area contributed by atoms with Crippen LogP contribution < -0.4 is 10.2 Å². The topological polar surface area (TPSA) is 58.4 Å². The Labute approximate surface area is 120 Å². The Bertz CT molecular complexity index is 470. The number of nitrogens with zero attached hydrogens (tertiary/aromatic N) is 2. The van der Waals surface area contributed by atoms with E-state index in [-0.39, 0.29) is 10.6 Å². The molecule has 1 unspecified atom stereocenters. The van der Waals surface area contributed by atoms with E-state index in [1.807, 2.05) is 6.92 Å². The van der Waals surface area contributed by atoms with Crippen molar-refractivity contribution in [2.24, 2.45) is 0 Å². The molecule has 1 aromatic carbocycles. The summed E-state index contributed by atoms with van der Waals surface area (Å²) < 4.78 is 0. The highest BCUT2D eigenvalue weighted by Crippen LogP contribution is 2.27. The van der Waals surface area contributed by atoms with Gasteiger partial charge in [-0.25, -0.2) is 0 Å². The molecule has 1 aliphatic rings. The molecule has 0 aromatic heterocycles. The minimum atomic E-state index is -0.306. The molecule has 0 amide bonds. The molecule has 0 spiro atoms. The fourth-order valence-electron chi connectivity index (χ4n) is 2.88. The average molecular weight is 277 g/mol. The quantitative estimate of drug-likeness (QED) is 0.664. The van der Waals surface area contributed by atoms with Crippen molar-refractivity contribution in [2.75, 3.05) is 24.5 Å². The maximum absolute atomic E-state index is 11.0. The Hall–Kier alpha value is -1.62. The van der Waals surface area contributed by atoms with E-state index in [0.717, 1.165) is 43.7 Å². The van der Waals surface area contributed by atoms with Crippen molar-refractivity contribution in [3.8, 4) is 0 Å². The van der Waals surface area contributed by atoms with Gasteiger partial charge in [0.25, 0.3) is 5.69 Å². The van der Waals surface area contributed by atoms with Crippen LogP contribution in [0, 0.1) is 17.0 Å². The van der Waals surface area contributed by atoms with Crippen LogP contribution in [-0.4, -0.2) is 30.6 Å². The second kappa shape index (κ2) is 6.70. The maximum atomic E-state index is 11.0. The second-order valence-corrected chi connectivity index (χ2v) is 5.48. The van der Waals surface area contributed by atoms with Crippen molar-refractivity contribution in [3.63, 3.8) is 0 Å². The predicted molar refractivity (Wildman–Crippen MR) is 81.4 cm³/mol. The van der Waals surface area contributed by atoms with Crippen molar-refractivity contribution in [3.05, 3.63) is 33.9 Å². The highest BCUT2D eigenvalue weighted by Gasteiger charge is 2.22. The summed E-state index contributed by atoms with van der Waals surface area (Å²) in [5.41, 5.74) is 2.11. The van der Waals surface area contributed by atoms with E-state index in [0.29, 0.717) is 6.04 Å². The Morgan fingerprint density at radius 2 is 2.25 bits per heavy atom. The van der Waals surface area contributed by atoms with Gasteiger partial charge in [-0.15, -0.1) is 0 Å². The maximum Gasteiger partial charge on any atom is 0.271 e. The molecule has 1 atom stereocenters. The number of hydrogen-bond acceptors (Lipinski definition) is 4. The van der Waals surface area contributed by atoms with E-state index >= 15 is 0 Å². The van der Waals surface area contributed by atoms with Crippen molar-refractivity contribution >= 4 is 11.4 Å². The molecule has 0 aliphatic carbocycles. The van der Waals surface area contributed by atoms with Gasteiger partial charge in [0, 0.05) is 37.0 Å². The number of non-ortho nitro benzene ring substituents is 1. The molecule has 0 bridgehead atoms. The molecule has 5 nitrogen and oxygen atoms in total. The zero-order valence-electron chi connectivity index (χ0n) is 12.3. The van der Waals surface area contributed by atoms with Crippen molar-refractivity contribution in [1.82, 2.24) is 5.32 Å². The summed E-state index contributed by atoms with van der Waals surface area (Å²) >= 11 is 0. The molecular formula is C15H23N3O2. The van der Waals surface area contributed by atoms with Crippen LogP contribution in [0.1, 0.15) is 31.7 Å². The van der Waals surface area contributed by atoms with Crippen molar-refractivity contribution in [2.45, 2.75) is 39.2 Å². The van der Waals surface area contributed by atoms with Gasteiger partial charge in [0.1, 0.15) is 0 Å². The molecule has 1 N–H and O–H groups in total. The standard InChI is InChI=1S/C15H23N3O2/c1-3-7-17(13-5-4-6-16-11-13)14-8-12(2)9-15(10-14)18(19)20/h8-10,13,16H,3-7,11H2,1-2H3. The van der Waals surface area contributed by atoms with Gasteiger partial charge in [0.05, 0.1) is 4.92 Å². The first-order valence-electron chi connectivity index (χ1n) is 7.35. The van der Waals surface area contributed by atoms with Gasteiger partial charge in [-0.2, -0.15) is 0 Å². The van der Waals surface area contributed by atoms with Gasteiger partial charge >= 0.3 is 0 Å². The van der Waals surface area contributed by atoms with Crippen molar-refractivity contribution in [1.29, 1.82) is 0 Å². The lowest BCUT2D eigenvalue weighted by molar-refractivity contribution is -0.384. The minimum absolute atomic E-state index is 0.185. The first kappa shape index (κ1) is 14.8. The zero-order chi connectivity index (χ0) is 14.5. The Balaban J connectivity index is 2.30. The summed E-state index contributed by atoms with van der Waals surface area (Å²) in [5.74, 6) is 0. The molecule has 2 rings (SSSR count). The molecule has 5 heteroatoms. The number of nitro benzene ring substituents is 1. The van der Waals surface area contributed by atoms with Gasteiger partial charge < -0.3 is 10.2 Å². The lowest BCUT2D eigenvalue weighted by Crippen LogP contribution is -2.46. The van der Waals surface area contributed by atoms with Crippen LogP contribution in [0.4, 0.5) is 11.4 Å². The smallest absolute Gasteiger partial charge is 0.271 e. The highest BCUT2D eigenvalue weighted by molar-refractivity contribution is 5.56. The third-order valence-corrected chi connectivity index (χ3v) is 3.77. The lowest BCUT2D eigenvalue weighted by Gasteiger charge is -2.36. The summed E-state index contributed by atoms with van der Waals surface area (Å²) in [7, 11) is 0. The normalized spacial score (nSPS) is 18.8. The number of benzene rings is 1. The molecule has 1 aliphatic heterocycles. The zero-order valence-corrected chi connectivity index (χ0v) is 12.3. The van der Waals surface area contributed by atoms with E-state index in [1.165, 1.54) is 6.42 Å². The summed E-state index contributed by atoms with van der Waals surface area (Å²) in [6.45, 7) is 7.03. The summed E-state index contributed by atoms with van der Waals surface area (Å²) in [5, 5.41) is 14.5. The van der Waals surface area contributed by atoms with Gasteiger partial charge in [-0.05, 0) is 44.4 Å². The number of rotatable bonds is 5. The van der Waals surface area contributed by atoms with Gasteiger partial charge in [0.2, 0.25) is 0 Å². The molecule has 1 fully saturated rings. The molecule has 1 saturated heterocycles. The van der Waals surface area contributed by atoms with Crippen LogP contribution >= 0.6 is 0 Å². The third kappa shape index (κ3) is 3.48. The van der Waals surface area contributed by atoms with Crippen LogP contribution in [0.5, 0.6) is 0 Å². The highest BCUT2D eigenvalue weighted by atomic mass is 16.6. The largest absolute Gasteiger partial charge is 0.367 e. The van der Waals surface area contributed by atoms with E-state index in [9.17, 15) is 10.1 Å². The second-order valence-electron chi connectivity index (χ2n) is 5.48. The van der Waals surface area contributed by atoms with E-state index in [2.05, 4.69) is 23.2 Å². The number of aryl methyl sites for hydroxylation is 1. The van der Waals surface area contributed by atoms with Crippen LogP contribution in [-0.2, 0) is 0 Å². The van der Waals surface area contributed by atoms with Gasteiger partial charge in [0.15, 0.2) is 0 Å². The van der Waals surface area contributed by atoms with Gasteiger partial charge in [-0.1, -0.05) is 6.92 Å². The fourth-order valence-corrected chi connectivity index (χ4v) is 2.88. The third-order valence-electron chi connectivity index (χ3n) is 3.77. The Morgan fingerprint density at radius 3 is 2.85 bits per heavy atom. The first-order chi connectivity index (χ1) is 9.61. The number of anilines is 1. The summed E-state index contributed by atoms with van der Waals surface area (Å²) in [4.78, 5) is 13.1. The Kier molecular flexibility index (Phi) is 4.95. The molecule has 0 radical (unpaired) electrons. The fraction of sp³-hybridized carbons (Fsp3) is 0.600. The number of hydrogen-bond donors (Lipinski definition) is 1. The number of piperidine rings is 1. The molecule has 1 aromatic rings. The minimum Gasteiger partial charge on any atom is -0.367 e. The molecular weight excluding hydrogens is 254 g/mol. The van der Waals surface area contributed by atoms with Crippen LogP contribution in [0.15, 0.2) is 18.2 Å². The molecule has 20 heavy (non-hydrogen) atoms. The summed E-state index contributed by atoms with van der Waals surface area (Å²) in [6.07, 6.45) is 3.35. The van der Waals surface area contributed by atoms with E-state index < -0.39 is 0 Å². The lowest BCUT2D eigenvalue weighted by atomic mass is 10.0. The number of nitrogens with one attached hydrogen (secondary N) is 1. The first-order valence-corrected chi connectivity index (χ1v) is 7.35. The average Bonchev–Trinajstić information content (AvgIpc) is 2.45. The Morgan fingerprint density at radius 1 is 1.45 bits per heavy atom. The molecule has 1 heterocycles. The SMILES string of the molecule is CCCN(c1cc(C)cc([N+](=O)[O-])c1)C1CCCNC1. The van der Waals surface area contributed by atoms with Crippen LogP contribution in [0.2, 0.25) is 0 Å².